The van der Waals surface area contributed by atoms with Crippen molar-refractivity contribution in [3.63, 3.8) is 0 Å². The first-order chi connectivity index (χ1) is 22.2. The SMILES string of the molecule is COc1ccc2c(c1)C(c1ccc(Cl)cc1)=NC(CC(=O)NCCNC(=O)c1cccc3cc(B(O)O)ccc13)C1NNC(C)N21. The number of amides is 2. The molecule has 6 N–H and O–H groups in total. The number of carbonyl (C=O) groups excluding carboxylic acids is 2. The minimum absolute atomic E-state index is 0.0768. The number of aliphatic imine (C=N–C) groups is 1. The summed E-state index contributed by atoms with van der Waals surface area (Å²) < 4.78 is 5.55. The molecule has 3 unspecified atom stereocenters. The van der Waals surface area contributed by atoms with Crippen molar-refractivity contribution >= 4 is 58.2 Å². The van der Waals surface area contributed by atoms with E-state index in [9.17, 15) is 19.6 Å². The van der Waals surface area contributed by atoms with Crippen LogP contribution >= 0.6 is 11.6 Å². The molecule has 6 rings (SSSR count). The molecule has 1 saturated heterocycles. The molecule has 0 spiro atoms. The number of nitrogens with one attached hydrogen (secondary N) is 4. The van der Waals surface area contributed by atoms with Crippen LogP contribution in [-0.2, 0) is 4.79 Å². The van der Waals surface area contributed by atoms with Crippen LogP contribution in [0.5, 0.6) is 5.75 Å². The smallest absolute Gasteiger partial charge is 0.488 e. The third-order valence-electron chi connectivity index (χ3n) is 8.25. The molecule has 3 atom stereocenters. The Morgan fingerprint density at radius 2 is 1.78 bits per heavy atom. The molecule has 0 bridgehead atoms. The van der Waals surface area contributed by atoms with Crippen molar-refractivity contribution in [3.05, 3.63) is 101 Å². The molecule has 2 amide bonds. The number of methoxy groups -OCH3 is 1. The second-order valence-corrected chi connectivity index (χ2v) is 11.7. The van der Waals surface area contributed by atoms with E-state index in [-0.39, 0.29) is 43.7 Å². The topological polar surface area (TPSA) is 148 Å². The van der Waals surface area contributed by atoms with Gasteiger partial charge in [-0.1, -0.05) is 54.1 Å². The number of rotatable bonds is 9. The van der Waals surface area contributed by atoms with E-state index >= 15 is 0 Å². The molecule has 0 aromatic heterocycles. The molecular weight excluding hydrogens is 607 g/mol. The first-order valence-electron chi connectivity index (χ1n) is 15.0. The lowest BCUT2D eigenvalue weighted by Gasteiger charge is -2.31. The number of ether oxygens (including phenoxy) is 1. The Morgan fingerprint density at radius 3 is 2.54 bits per heavy atom. The van der Waals surface area contributed by atoms with Crippen molar-refractivity contribution in [1.29, 1.82) is 0 Å². The average Bonchev–Trinajstić information content (AvgIpc) is 3.39. The molecule has 11 nitrogen and oxygen atoms in total. The van der Waals surface area contributed by atoms with E-state index < -0.39 is 13.2 Å². The fraction of sp³-hybridized carbons (Fsp3) is 0.242. The maximum absolute atomic E-state index is 13.3. The van der Waals surface area contributed by atoms with Crippen LogP contribution in [0.3, 0.4) is 0 Å². The van der Waals surface area contributed by atoms with Crippen molar-refractivity contribution in [1.82, 2.24) is 21.5 Å². The van der Waals surface area contributed by atoms with Gasteiger partial charge in [0, 0.05) is 40.5 Å². The van der Waals surface area contributed by atoms with Crippen LogP contribution in [0.4, 0.5) is 5.69 Å². The molecule has 2 aliphatic heterocycles. The number of anilines is 1. The fourth-order valence-corrected chi connectivity index (χ4v) is 6.11. The van der Waals surface area contributed by atoms with Gasteiger partial charge < -0.3 is 30.3 Å². The Hall–Kier alpha value is -4.46. The van der Waals surface area contributed by atoms with Gasteiger partial charge in [0.15, 0.2) is 0 Å². The number of hydrogen-bond acceptors (Lipinski definition) is 9. The summed E-state index contributed by atoms with van der Waals surface area (Å²) in [5.74, 6) is 0.195. The zero-order valence-corrected chi connectivity index (χ0v) is 26.1. The minimum Gasteiger partial charge on any atom is -0.497 e. The van der Waals surface area contributed by atoms with E-state index in [4.69, 9.17) is 21.3 Å². The van der Waals surface area contributed by atoms with Crippen LogP contribution in [0, 0.1) is 0 Å². The molecule has 236 valence electrons. The third kappa shape index (κ3) is 6.44. The Bertz CT molecular complexity index is 1800. The number of nitrogens with zero attached hydrogens (tertiary/aromatic N) is 2. The van der Waals surface area contributed by atoms with E-state index in [1.54, 1.807) is 43.5 Å². The summed E-state index contributed by atoms with van der Waals surface area (Å²) in [4.78, 5) is 33.6. The molecule has 2 heterocycles. The van der Waals surface area contributed by atoms with Gasteiger partial charge >= 0.3 is 7.12 Å². The van der Waals surface area contributed by atoms with Crippen LogP contribution in [0.2, 0.25) is 5.02 Å². The highest BCUT2D eigenvalue weighted by atomic mass is 35.5. The first-order valence-corrected chi connectivity index (χ1v) is 15.4. The largest absolute Gasteiger partial charge is 0.497 e. The van der Waals surface area contributed by atoms with Gasteiger partial charge in [0.05, 0.1) is 31.4 Å². The van der Waals surface area contributed by atoms with Gasteiger partial charge in [0.1, 0.15) is 11.9 Å². The van der Waals surface area contributed by atoms with Crippen LogP contribution in [0.1, 0.15) is 34.8 Å². The van der Waals surface area contributed by atoms with E-state index in [1.807, 2.05) is 49.4 Å². The lowest BCUT2D eigenvalue weighted by Crippen LogP contribution is -2.48. The Kier molecular flexibility index (Phi) is 9.25. The molecule has 0 aliphatic carbocycles. The summed E-state index contributed by atoms with van der Waals surface area (Å²) in [7, 11) is 0.0309. The Labute approximate surface area is 271 Å². The number of benzene rings is 4. The quantitative estimate of drug-likeness (QED) is 0.120. The molecule has 0 saturated carbocycles. The Balaban J connectivity index is 1.16. The van der Waals surface area contributed by atoms with Gasteiger partial charge in [-0.05, 0) is 59.6 Å². The minimum atomic E-state index is -1.59. The van der Waals surface area contributed by atoms with Crippen LogP contribution in [0.15, 0.2) is 83.9 Å². The lowest BCUT2D eigenvalue weighted by molar-refractivity contribution is -0.121. The summed E-state index contributed by atoms with van der Waals surface area (Å²) in [6.45, 7) is 2.49. The van der Waals surface area contributed by atoms with Crippen LogP contribution < -0.4 is 36.6 Å². The van der Waals surface area contributed by atoms with Crippen molar-refractivity contribution in [2.24, 2.45) is 4.99 Å². The average molecular weight is 641 g/mol. The van der Waals surface area contributed by atoms with Gasteiger partial charge in [0.25, 0.3) is 5.91 Å². The van der Waals surface area contributed by atoms with Crippen molar-refractivity contribution in [3.8, 4) is 5.75 Å². The molecule has 0 radical (unpaired) electrons. The molecule has 4 aromatic carbocycles. The van der Waals surface area contributed by atoms with Crippen LogP contribution in [0.25, 0.3) is 10.8 Å². The highest BCUT2D eigenvalue weighted by molar-refractivity contribution is 6.59. The summed E-state index contributed by atoms with van der Waals surface area (Å²) in [6.07, 6.45) is -0.288. The zero-order valence-electron chi connectivity index (χ0n) is 25.3. The molecule has 2 aliphatic rings. The zero-order chi connectivity index (χ0) is 32.4. The van der Waals surface area contributed by atoms with Crippen LogP contribution in [-0.4, -0.2) is 73.3 Å². The molecule has 1 fully saturated rings. The third-order valence-corrected chi connectivity index (χ3v) is 8.50. The van der Waals surface area contributed by atoms with E-state index in [0.717, 1.165) is 22.5 Å². The second kappa shape index (κ2) is 13.5. The summed E-state index contributed by atoms with van der Waals surface area (Å²) in [6, 6.07) is 23.0. The van der Waals surface area contributed by atoms with Crippen molar-refractivity contribution < 1.29 is 24.4 Å². The van der Waals surface area contributed by atoms with Crippen molar-refractivity contribution in [2.45, 2.75) is 31.7 Å². The van der Waals surface area contributed by atoms with Gasteiger partial charge in [-0.2, -0.15) is 0 Å². The summed E-state index contributed by atoms with van der Waals surface area (Å²) in [5.41, 5.74) is 10.8. The highest BCUT2D eigenvalue weighted by Gasteiger charge is 2.40. The van der Waals surface area contributed by atoms with E-state index in [2.05, 4.69) is 26.4 Å². The summed E-state index contributed by atoms with van der Waals surface area (Å²) in [5, 5.41) is 26.8. The lowest BCUT2D eigenvalue weighted by atomic mass is 9.79. The van der Waals surface area contributed by atoms with Crippen molar-refractivity contribution in [2.75, 3.05) is 25.1 Å². The van der Waals surface area contributed by atoms with Gasteiger partial charge in [-0.3, -0.25) is 14.6 Å². The van der Waals surface area contributed by atoms with Gasteiger partial charge in [-0.25, -0.2) is 10.9 Å². The standard InChI is InChI=1S/C33H34BClN6O5/c1-19-39-40-32-28(38-31(20-6-9-23(35)10-7-20)27-17-24(46-2)11-13-29(27)41(19)32)18-30(42)36-14-15-37-33(43)26-5-3-4-21-16-22(34(44)45)8-12-25(21)26/h3-13,16-17,19,28,32,39-40,44-45H,14-15,18H2,1-2H3,(H,36,42)(H,37,43). The second-order valence-electron chi connectivity index (χ2n) is 11.2. The number of hydrogen-bond donors (Lipinski definition) is 6. The molecule has 46 heavy (non-hydrogen) atoms. The maximum atomic E-state index is 13.3. The maximum Gasteiger partial charge on any atom is 0.488 e. The molecule has 4 aromatic rings. The normalized spacial score (nSPS) is 18.7. The first kappa shape index (κ1) is 31.5. The van der Waals surface area contributed by atoms with Gasteiger partial charge in [0.2, 0.25) is 5.91 Å². The highest BCUT2D eigenvalue weighted by Crippen LogP contribution is 2.36. The van der Waals surface area contributed by atoms with E-state index in [0.29, 0.717) is 32.6 Å². The number of carbonyl (C=O) groups is 2. The monoisotopic (exact) mass is 640 g/mol. The predicted octanol–water partition coefficient (Wildman–Crippen LogP) is 1.92. The van der Waals surface area contributed by atoms with Gasteiger partial charge in [-0.15, -0.1) is 0 Å². The molecule has 13 heteroatoms. The predicted molar refractivity (Wildman–Crippen MR) is 180 cm³/mol. The molecular formula is C33H34BClN6O5. The van der Waals surface area contributed by atoms with E-state index in [1.165, 1.54) is 0 Å². The number of fused-ring (bicyclic) bond motifs is 4. The fourth-order valence-electron chi connectivity index (χ4n) is 5.98. The Morgan fingerprint density at radius 1 is 1.00 bits per heavy atom. The number of hydrazine groups is 1. The summed E-state index contributed by atoms with van der Waals surface area (Å²) >= 11 is 6.20. The number of halogens is 1.